The minimum atomic E-state index is -0.510. The average molecular weight is 302 g/mol. The Morgan fingerprint density at radius 1 is 1.41 bits per heavy atom. The van der Waals surface area contributed by atoms with Crippen molar-refractivity contribution in [3.05, 3.63) is 47.4 Å². The van der Waals surface area contributed by atoms with E-state index in [4.69, 9.17) is 4.84 Å². The SMILES string of the molecule is CN1N=NC2=C(C(=O)NOCc3ccccc3)NCN2C1=O. The first-order valence-corrected chi connectivity index (χ1v) is 6.58. The molecule has 3 amide bonds. The van der Waals surface area contributed by atoms with Gasteiger partial charge >= 0.3 is 6.03 Å². The zero-order valence-electron chi connectivity index (χ0n) is 11.8. The van der Waals surface area contributed by atoms with Gasteiger partial charge in [-0.05, 0) is 5.56 Å². The van der Waals surface area contributed by atoms with Crippen LogP contribution in [-0.4, -0.2) is 35.6 Å². The van der Waals surface area contributed by atoms with Crippen molar-refractivity contribution in [2.75, 3.05) is 13.7 Å². The zero-order valence-corrected chi connectivity index (χ0v) is 11.8. The van der Waals surface area contributed by atoms with E-state index in [1.807, 2.05) is 30.3 Å². The van der Waals surface area contributed by atoms with Crippen molar-refractivity contribution in [1.82, 2.24) is 20.7 Å². The molecule has 2 aliphatic heterocycles. The number of hydrogen-bond acceptors (Lipinski definition) is 6. The van der Waals surface area contributed by atoms with Gasteiger partial charge in [-0.15, -0.1) is 5.11 Å². The number of nitrogens with zero attached hydrogens (tertiary/aromatic N) is 4. The number of hydroxylamine groups is 1. The standard InChI is InChI=1S/C13H14N6O3/c1-18-13(21)19-8-14-10(11(19)15-17-18)12(20)16-22-7-9-5-3-2-4-6-9/h2-6,14H,7-8H2,1H3,(H,16,20). The maximum Gasteiger partial charge on any atom is 0.348 e. The Morgan fingerprint density at radius 3 is 2.95 bits per heavy atom. The van der Waals surface area contributed by atoms with Crippen molar-refractivity contribution in [2.45, 2.75) is 6.61 Å². The molecular formula is C13H14N6O3. The van der Waals surface area contributed by atoms with Gasteiger partial charge in [-0.25, -0.2) is 10.3 Å². The molecule has 0 aromatic heterocycles. The van der Waals surface area contributed by atoms with E-state index in [0.717, 1.165) is 10.6 Å². The summed E-state index contributed by atoms with van der Waals surface area (Å²) in [5.74, 6) is -0.325. The number of nitrogens with one attached hydrogen (secondary N) is 2. The molecule has 9 heteroatoms. The highest BCUT2D eigenvalue weighted by Crippen LogP contribution is 2.22. The van der Waals surface area contributed by atoms with Gasteiger partial charge in [0.1, 0.15) is 5.70 Å². The molecule has 0 saturated heterocycles. The van der Waals surface area contributed by atoms with Gasteiger partial charge < -0.3 is 5.32 Å². The summed E-state index contributed by atoms with van der Waals surface area (Å²) in [6.07, 6.45) is 0. The van der Waals surface area contributed by atoms with E-state index >= 15 is 0 Å². The molecule has 2 aliphatic rings. The number of amides is 3. The summed E-state index contributed by atoms with van der Waals surface area (Å²) in [5, 5.41) is 11.4. The monoisotopic (exact) mass is 302 g/mol. The summed E-state index contributed by atoms with van der Waals surface area (Å²) >= 11 is 0. The maximum absolute atomic E-state index is 12.1. The molecule has 22 heavy (non-hydrogen) atoms. The smallest absolute Gasteiger partial charge is 0.348 e. The lowest BCUT2D eigenvalue weighted by Gasteiger charge is -2.23. The minimum Gasteiger partial charge on any atom is -0.360 e. The number of carbonyl (C=O) groups excluding carboxylic acids is 2. The maximum atomic E-state index is 12.1. The highest BCUT2D eigenvalue weighted by atomic mass is 16.6. The lowest BCUT2D eigenvalue weighted by molar-refractivity contribution is -0.130. The van der Waals surface area contributed by atoms with Crippen molar-refractivity contribution >= 4 is 11.9 Å². The Morgan fingerprint density at radius 2 is 2.18 bits per heavy atom. The van der Waals surface area contributed by atoms with E-state index in [-0.39, 0.29) is 30.8 Å². The summed E-state index contributed by atoms with van der Waals surface area (Å²) < 4.78 is 0. The molecule has 9 nitrogen and oxygen atoms in total. The number of carbonyl (C=O) groups is 2. The Balaban J connectivity index is 1.63. The minimum absolute atomic E-state index is 0.151. The lowest BCUT2D eigenvalue weighted by Crippen LogP contribution is -2.40. The van der Waals surface area contributed by atoms with Crippen LogP contribution in [0.15, 0.2) is 52.2 Å². The number of urea groups is 1. The van der Waals surface area contributed by atoms with Crippen molar-refractivity contribution in [3.8, 4) is 0 Å². The van der Waals surface area contributed by atoms with Gasteiger partial charge in [-0.1, -0.05) is 35.6 Å². The quantitative estimate of drug-likeness (QED) is 0.800. The first-order chi connectivity index (χ1) is 10.7. The molecule has 3 rings (SSSR count). The van der Waals surface area contributed by atoms with E-state index in [0.29, 0.717) is 0 Å². The molecular weight excluding hydrogens is 288 g/mol. The van der Waals surface area contributed by atoms with Gasteiger partial charge in [0, 0.05) is 7.05 Å². The molecule has 0 saturated carbocycles. The summed E-state index contributed by atoms with van der Waals surface area (Å²) in [5.41, 5.74) is 3.40. The van der Waals surface area contributed by atoms with Gasteiger partial charge in [0.25, 0.3) is 5.91 Å². The van der Waals surface area contributed by atoms with Crippen molar-refractivity contribution in [1.29, 1.82) is 0 Å². The van der Waals surface area contributed by atoms with Crippen molar-refractivity contribution < 1.29 is 14.4 Å². The molecule has 1 aromatic rings. The van der Waals surface area contributed by atoms with Crippen LogP contribution in [0.25, 0.3) is 0 Å². The first kappa shape index (κ1) is 14.0. The molecule has 0 radical (unpaired) electrons. The molecule has 114 valence electrons. The van der Waals surface area contributed by atoms with Crippen LogP contribution in [-0.2, 0) is 16.2 Å². The second kappa shape index (κ2) is 5.82. The average Bonchev–Trinajstić information content (AvgIpc) is 2.96. The van der Waals surface area contributed by atoms with E-state index in [9.17, 15) is 9.59 Å². The predicted octanol–water partition coefficient (Wildman–Crippen LogP) is 0.699. The van der Waals surface area contributed by atoms with Crippen LogP contribution < -0.4 is 10.8 Å². The van der Waals surface area contributed by atoms with Gasteiger partial charge in [0.05, 0.1) is 13.3 Å². The molecule has 0 unspecified atom stereocenters. The normalized spacial score (nSPS) is 16.7. The molecule has 0 aliphatic carbocycles. The molecule has 0 spiro atoms. The number of rotatable bonds is 4. The summed E-state index contributed by atoms with van der Waals surface area (Å²) in [4.78, 5) is 30.4. The van der Waals surface area contributed by atoms with Crippen LogP contribution in [0.2, 0.25) is 0 Å². The fraction of sp³-hybridized carbons (Fsp3) is 0.231. The molecule has 0 fully saturated rings. The first-order valence-electron chi connectivity index (χ1n) is 6.58. The molecule has 0 bridgehead atoms. The molecule has 0 atom stereocenters. The second-order valence-corrected chi connectivity index (χ2v) is 4.66. The summed E-state index contributed by atoms with van der Waals surface area (Å²) in [7, 11) is 1.49. The molecule has 2 N–H and O–H groups in total. The fourth-order valence-corrected chi connectivity index (χ4v) is 2.02. The molecule has 2 heterocycles. The van der Waals surface area contributed by atoms with Gasteiger partial charge in [-0.3, -0.25) is 14.5 Å². The third-order valence-electron chi connectivity index (χ3n) is 3.15. The number of benzene rings is 1. The lowest BCUT2D eigenvalue weighted by atomic mass is 10.2. The summed E-state index contributed by atoms with van der Waals surface area (Å²) in [6.45, 7) is 0.404. The Hall–Kier alpha value is -2.94. The third kappa shape index (κ3) is 2.61. The third-order valence-corrected chi connectivity index (χ3v) is 3.15. The number of fused-ring (bicyclic) bond motifs is 1. The van der Waals surface area contributed by atoms with E-state index in [1.54, 1.807) is 0 Å². The largest absolute Gasteiger partial charge is 0.360 e. The predicted molar refractivity (Wildman–Crippen MR) is 74.3 cm³/mol. The van der Waals surface area contributed by atoms with Crippen LogP contribution in [0.1, 0.15) is 5.56 Å². The Labute approximate surface area is 126 Å². The van der Waals surface area contributed by atoms with Gasteiger partial charge in [0.15, 0.2) is 5.82 Å². The second-order valence-electron chi connectivity index (χ2n) is 4.66. The van der Waals surface area contributed by atoms with Crippen LogP contribution in [0.5, 0.6) is 0 Å². The van der Waals surface area contributed by atoms with Crippen LogP contribution >= 0.6 is 0 Å². The molecule has 1 aromatic carbocycles. The summed E-state index contributed by atoms with van der Waals surface area (Å²) in [6, 6.07) is 9.07. The number of hydrogen-bond donors (Lipinski definition) is 2. The van der Waals surface area contributed by atoms with Crippen molar-refractivity contribution in [3.63, 3.8) is 0 Å². The van der Waals surface area contributed by atoms with Crippen LogP contribution in [0, 0.1) is 0 Å². The van der Waals surface area contributed by atoms with Crippen LogP contribution in [0.3, 0.4) is 0 Å². The van der Waals surface area contributed by atoms with Gasteiger partial charge in [0.2, 0.25) is 0 Å². The van der Waals surface area contributed by atoms with E-state index in [2.05, 4.69) is 21.1 Å². The highest BCUT2D eigenvalue weighted by molar-refractivity contribution is 5.94. The Bertz CT molecular complexity index is 657. The fourth-order valence-electron chi connectivity index (χ4n) is 2.02. The van der Waals surface area contributed by atoms with Crippen molar-refractivity contribution in [2.24, 2.45) is 10.3 Å². The zero-order chi connectivity index (χ0) is 15.5. The Kier molecular flexibility index (Phi) is 3.71. The van der Waals surface area contributed by atoms with Crippen LogP contribution in [0.4, 0.5) is 4.79 Å². The van der Waals surface area contributed by atoms with E-state index < -0.39 is 5.91 Å². The highest BCUT2D eigenvalue weighted by Gasteiger charge is 2.35. The topological polar surface area (TPSA) is 98.6 Å². The van der Waals surface area contributed by atoms with E-state index in [1.165, 1.54) is 11.9 Å². The van der Waals surface area contributed by atoms with Gasteiger partial charge in [-0.2, -0.15) is 5.01 Å².